The first kappa shape index (κ1) is 26.6. The molecule has 31 heavy (non-hydrogen) atoms. The van der Waals surface area contributed by atoms with Gasteiger partial charge < -0.3 is 10.0 Å². The molecular formula is C22H32N4O4S. The van der Waals surface area contributed by atoms with E-state index in [1.165, 1.54) is 0 Å². The lowest BCUT2D eigenvalue weighted by molar-refractivity contribution is -0.432. The highest BCUT2D eigenvalue weighted by molar-refractivity contribution is 7.94. The second-order valence-corrected chi connectivity index (χ2v) is 7.63. The Balaban J connectivity index is 0.000000293. The van der Waals surface area contributed by atoms with E-state index in [0.717, 1.165) is 40.4 Å². The molecule has 170 valence electrons. The van der Waals surface area contributed by atoms with Crippen molar-refractivity contribution in [2.24, 2.45) is 0 Å². The van der Waals surface area contributed by atoms with Gasteiger partial charge in [-0.1, -0.05) is 57.0 Å². The smallest absolute Gasteiger partial charge is 0.228 e. The zero-order valence-electron chi connectivity index (χ0n) is 19.4. The van der Waals surface area contributed by atoms with Gasteiger partial charge in [0.25, 0.3) is 0 Å². The van der Waals surface area contributed by atoms with Gasteiger partial charge in [0.2, 0.25) is 5.95 Å². The van der Waals surface area contributed by atoms with Gasteiger partial charge in [-0.15, -0.1) is 4.33 Å². The molecule has 1 heterocycles. The number of hydrogen-bond donors (Lipinski definition) is 2. The third-order valence-electron chi connectivity index (χ3n) is 4.05. The number of aromatic hydroxyl groups is 1. The molecule has 0 bridgehead atoms. The van der Waals surface area contributed by atoms with Gasteiger partial charge >= 0.3 is 0 Å². The predicted molar refractivity (Wildman–Crippen MR) is 125 cm³/mol. The molecule has 1 aromatic heterocycles. The number of hydrogen-bond acceptors (Lipinski definition) is 9. The fourth-order valence-corrected chi connectivity index (χ4v) is 2.99. The van der Waals surface area contributed by atoms with Crippen LogP contribution in [-0.4, -0.2) is 39.4 Å². The molecule has 9 heteroatoms. The SMILES string of the molecule is CC.Cc1c(SOOO)cc2ccccc2c1O.Cc1nc(C(C)C)nc(N(C)C)n1. The number of benzene rings is 2. The molecule has 0 saturated heterocycles. The summed E-state index contributed by atoms with van der Waals surface area (Å²) in [5.74, 6) is 2.93. The Morgan fingerprint density at radius 1 is 1.03 bits per heavy atom. The Bertz CT molecular complexity index is 941. The Morgan fingerprint density at radius 2 is 1.68 bits per heavy atom. The van der Waals surface area contributed by atoms with E-state index in [-0.39, 0.29) is 5.75 Å². The Labute approximate surface area is 188 Å². The highest BCUT2D eigenvalue weighted by Gasteiger charge is 2.10. The van der Waals surface area contributed by atoms with Crippen molar-refractivity contribution in [1.29, 1.82) is 0 Å². The van der Waals surface area contributed by atoms with Crippen molar-refractivity contribution >= 4 is 28.8 Å². The molecule has 0 spiro atoms. The maximum atomic E-state index is 9.97. The van der Waals surface area contributed by atoms with Crippen molar-refractivity contribution in [2.75, 3.05) is 19.0 Å². The van der Waals surface area contributed by atoms with E-state index in [9.17, 15) is 5.11 Å². The highest BCUT2D eigenvalue weighted by Crippen LogP contribution is 2.36. The molecule has 0 aliphatic rings. The second-order valence-electron chi connectivity index (χ2n) is 6.89. The van der Waals surface area contributed by atoms with Gasteiger partial charge in [-0.25, -0.2) is 10.2 Å². The van der Waals surface area contributed by atoms with Crippen LogP contribution >= 0.6 is 12.0 Å². The van der Waals surface area contributed by atoms with E-state index in [0.29, 0.717) is 16.4 Å². The third-order valence-corrected chi connectivity index (χ3v) is 4.78. The summed E-state index contributed by atoms with van der Waals surface area (Å²) in [6.45, 7) is 11.8. The topological polar surface area (TPSA) is 101 Å². The van der Waals surface area contributed by atoms with Crippen LogP contribution in [-0.2, 0) is 9.37 Å². The van der Waals surface area contributed by atoms with Gasteiger partial charge in [-0.2, -0.15) is 9.97 Å². The first-order chi connectivity index (χ1) is 14.7. The van der Waals surface area contributed by atoms with Crippen LogP contribution in [0.25, 0.3) is 10.8 Å². The third kappa shape index (κ3) is 7.62. The standard InChI is InChI=1S/C11H10O4S.C9H16N4.C2H6/c1-7-10(16-15-14-13)6-8-4-2-3-5-9(8)11(7)12;1-6(2)8-10-7(3)11-9(12-8)13(4)5;1-2/h2-6,12-13H,1H3;6H,1-5H3;1-2H3. The molecule has 2 N–H and O–H groups in total. The van der Waals surface area contributed by atoms with Gasteiger partial charge in [-0.3, -0.25) is 0 Å². The Hall–Kier alpha value is -2.46. The molecule has 0 aliphatic carbocycles. The van der Waals surface area contributed by atoms with Crippen LogP contribution in [0.3, 0.4) is 0 Å². The molecule has 0 saturated carbocycles. The number of fused-ring (bicyclic) bond motifs is 1. The van der Waals surface area contributed by atoms with Crippen LogP contribution in [0.1, 0.15) is 50.8 Å². The van der Waals surface area contributed by atoms with Crippen molar-refractivity contribution in [1.82, 2.24) is 15.0 Å². The minimum Gasteiger partial charge on any atom is -0.507 e. The molecule has 3 rings (SSSR count). The summed E-state index contributed by atoms with van der Waals surface area (Å²) in [4.78, 5) is 15.4. The predicted octanol–water partition coefficient (Wildman–Crippen LogP) is 5.68. The van der Waals surface area contributed by atoms with Gasteiger partial charge in [0, 0.05) is 35.9 Å². The average Bonchev–Trinajstić information content (AvgIpc) is 2.76. The summed E-state index contributed by atoms with van der Waals surface area (Å²) in [5.41, 5.74) is 0.681. The maximum Gasteiger partial charge on any atom is 0.228 e. The van der Waals surface area contributed by atoms with Gasteiger partial charge in [0.1, 0.15) is 17.4 Å². The lowest BCUT2D eigenvalue weighted by Gasteiger charge is -2.12. The maximum absolute atomic E-state index is 9.97. The summed E-state index contributed by atoms with van der Waals surface area (Å²) in [6, 6.07) is 9.33. The number of aromatic nitrogens is 3. The van der Waals surface area contributed by atoms with Crippen molar-refractivity contribution in [3.63, 3.8) is 0 Å². The van der Waals surface area contributed by atoms with E-state index in [4.69, 9.17) is 5.26 Å². The van der Waals surface area contributed by atoms with Gasteiger partial charge in [0.15, 0.2) is 0 Å². The molecule has 0 unspecified atom stereocenters. The van der Waals surface area contributed by atoms with Crippen LogP contribution in [0.15, 0.2) is 35.2 Å². The van der Waals surface area contributed by atoms with Crippen molar-refractivity contribution < 1.29 is 19.7 Å². The number of phenols is 1. The Morgan fingerprint density at radius 3 is 2.26 bits per heavy atom. The normalized spacial score (nSPS) is 10.3. The summed E-state index contributed by atoms with van der Waals surface area (Å²) in [6.07, 6.45) is 0. The van der Waals surface area contributed by atoms with E-state index in [1.807, 2.05) is 70.1 Å². The Kier molecular flexibility index (Phi) is 11.2. The summed E-state index contributed by atoms with van der Waals surface area (Å²) in [7, 11) is 3.86. The molecule has 0 atom stereocenters. The molecule has 8 nitrogen and oxygen atoms in total. The zero-order chi connectivity index (χ0) is 23.6. The lowest BCUT2D eigenvalue weighted by atomic mass is 10.1. The first-order valence-electron chi connectivity index (χ1n) is 10.0. The van der Waals surface area contributed by atoms with Crippen molar-refractivity contribution in [2.45, 2.75) is 52.4 Å². The number of aryl methyl sites for hydroxylation is 1. The fraction of sp³-hybridized carbons (Fsp3) is 0.409. The number of phenolic OH excluding ortho intramolecular Hbond substituents is 1. The first-order valence-corrected chi connectivity index (χ1v) is 10.7. The molecular weight excluding hydrogens is 416 g/mol. The number of rotatable bonds is 5. The molecule has 2 aromatic carbocycles. The zero-order valence-corrected chi connectivity index (χ0v) is 20.2. The van der Waals surface area contributed by atoms with Crippen molar-refractivity contribution in [3.8, 4) is 5.75 Å². The summed E-state index contributed by atoms with van der Waals surface area (Å²) < 4.78 is 4.37. The molecule has 0 fully saturated rings. The molecule has 0 radical (unpaired) electrons. The number of nitrogens with zero attached hydrogens (tertiary/aromatic N) is 4. The average molecular weight is 449 g/mol. The van der Waals surface area contributed by atoms with Gasteiger partial charge in [-0.05, 0) is 25.3 Å². The van der Waals surface area contributed by atoms with E-state index in [1.54, 1.807) is 6.92 Å². The van der Waals surface area contributed by atoms with Crippen LogP contribution in [0.4, 0.5) is 5.95 Å². The van der Waals surface area contributed by atoms with E-state index in [2.05, 4.69) is 38.2 Å². The quantitative estimate of drug-likeness (QED) is 0.290. The number of anilines is 1. The van der Waals surface area contributed by atoms with Crippen LogP contribution < -0.4 is 4.90 Å². The minimum atomic E-state index is 0.210. The van der Waals surface area contributed by atoms with E-state index >= 15 is 0 Å². The monoisotopic (exact) mass is 448 g/mol. The second kappa shape index (κ2) is 13.1. The molecule has 0 amide bonds. The minimum absolute atomic E-state index is 0.210. The highest BCUT2D eigenvalue weighted by atomic mass is 32.2. The van der Waals surface area contributed by atoms with Crippen LogP contribution in [0.2, 0.25) is 0 Å². The fourth-order valence-electron chi connectivity index (χ4n) is 2.49. The van der Waals surface area contributed by atoms with Gasteiger partial charge in [0.05, 0.1) is 12.0 Å². The van der Waals surface area contributed by atoms with Crippen LogP contribution in [0.5, 0.6) is 5.75 Å². The lowest BCUT2D eigenvalue weighted by Crippen LogP contribution is -2.16. The van der Waals surface area contributed by atoms with Crippen molar-refractivity contribution in [3.05, 3.63) is 47.5 Å². The largest absolute Gasteiger partial charge is 0.507 e. The molecule has 3 aromatic rings. The van der Waals surface area contributed by atoms with Crippen LogP contribution in [0, 0.1) is 13.8 Å². The summed E-state index contributed by atoms with van der Waals surface area (Å²) >= 11 is 0.844. The van der Waals surface area contributed by atoms with E-state index < -0.39 is 0 Å². The molecule has 0 aliphatic heterocycles. The summed E-state index contributed by atoms with van der Waals surface area (Å²) in [5, 5.41) is 23.3.